The van der Waals surface area contributed by atoms with Gasteiger partial charge in [0.1, 0.15) is 0 Å². The van der Waals surface area contributed by atoms with Crippen LogP contribution in [-0.4, -0.2) is 35.2 Å². The van der Waals surface area contributed by atoms with Gasteiger partial charge in [-0.25, -0.2) is 0 Å². The predicted octanol–water partition coefficient (Wildman–Crippen LogP) is 1.88. The van der Waals surface area contributed by atoms with E-state index in [0.29, 0.717) is 12.0 Å². The second-order valence-corrected chi connectivity index (χ2v) is 4.75. The fourth-order valence-corrected chi connectivity index (χ4v) is 2.33. The SMILES string of the molecule is COc1nc(NC2CCCC(C)C2)nc(OC)n1. The molecule has 1 aromatic heterocycles. The molecular formula is C12H20N4O2. The summed E-state index contributed by atoms with van der Waals surface area (Å²) in [6, 6.07) is 0.965. The monoisotopic (exact) mass is 252 g/mol. The van der Waals surface area contributed by atoms with Crippen LogP contribution in [0.2, 0.25) is 0 Å². The second-order valence-electron chi connectivity index (χ2n) is 4.75. The molecule has 1 fully saturated rings. The summed E-state index contributed by atoms with van der Waals surface area (Å²) in [5.74, 6) is 1.28. The minimum Gasteiger partial charge on any atom is -0.467 e. The van der Waals surface area contributed by atoms with Crippen molar-refractivity contribution in [1.82, 2.24) is 15.0 Å². The third-order valence-corrected chi connectivity index (χ3v) is 3.23. The molecule has 2 rings (SSSR count). The van der Waals surface area contributed by atoms with Crippen LogP contribution in [0, 0.1) is 5.92 Å². The minimum absolute atomic E-state index is 0.271. The molecule has 0 bridgehead atoms. The molecule has 0 saturated heterocycles. The third kappa shape index (κ3) is 3.21. The molecule has 2 atom stereocenters. The maximum atomic E-state index is 5.03. The van der Waals surface area contributed by atoms with Gasteiger partial charge < -0.3 is 14.8 Å². The molecule has 0 aromatic carbocycles. The number of rotatable bonds is 4. The zero-order valence-electron chi connectivity index (χ0n) is 11.1. The van der Waals surface area contributed by atoms with Crippen LogP contribution in [0.5, 0.6) is 12.0 Å². The molecule has 0 spiro atoms. The van der Waals surface area contributed by atoms with Gasteiger partial charge >= 0.3 is 12.0 Å². The first-order valence-corrected chi connectivity index (χ1v) is 6.32. The summed E-state index contributed by atoms with van der Waals surface area (Å²) in [7, 11) is 3.06. The molecule has 1 heterocycles. The molecule has 1 N–H and O–H groups in total. The fourth-order valence-electron chi connectivity index (χ4n) is 2.33. The standard InChI is InChI=1S/C12H20N4O2/c1-8-5-4-6-9(7-8)13-10-14-11(17-2)16-12(15-10)18-3/h8-9H,4-7H2,1-3H3,(H,13,14,15,16). The van der Waals surface area contributed by atoms with E-state index in [2.05, 4.69) is 27.2 Å². The lowest BCUT2D eigenvalue weighted by Crippen LogP contribution is -2.27. The summed E-state index contributed by atoms with van der Waals surface area (Å²) in [5.41, 5.74) is 0. The number of nitrogens with one attached hydrogen (secondary N) is 1. The van der Waals surface area contributed by atoms with Crippen LogP contribution in [0.4, 0.5) is 5.95 Å². The van der Waals surface area contributed by atoms with Gasteiger partial charge in [0, 0.05) is 6.04 Å². The van der Waals surface area contributed by atoms with Crippen LogP contribution in [0.25, 0.3) is 0 Å². The Morgan fingerprint density at radius 2 is 1.72 bits per heavy atom. The summed E-state index contributed by atoms with van der Waals surface area (Å²) < 4.78 is 10.1. The second kappa shape index (κ2) is 5.84. The van der Waals surface area contributed by atoms with Crippen LogP contribution in [0.3, 0.4) is 0 Å². The number of methoxy groups -OCH3 is 2. The Bertz CT molecular complexity index is 377. The van der Waals surface area contributed by atoms with Crippen molar-refractivity contribution in [2.75, 3.05) is 19.5 Å². The van der Waals surface area contributed by atoms with Gasteiger partial charge in [-0.15, -0.1) is 4.98 Å². The average Bonchev–Trinajstić information content (AvgIpc) is 2.38. The molecule has 1 saturated carbocycles. The molecule has 1 aliphatic rings. The van der Waals surface area contributed by atoms with Crippen molar-refractivity contribution in [2.45, 2.75) is 38.6 Å². The van der Waals surface area contributed by atoms with E-state index in [1.165, 1.54) is 27.1 Å². The van der Waals surface area contributed by atoms with Crippen LogP contribution in [0.1, 0.15) is 32.6 Å². The van der Waals surface area contributed by atoms with Crippen molar-refractivity contribution < 1.29 is 9.47 Å². The molecular weight excluding hydrogens is 232 g/mol. The first-order chi connectivity index (χ1) is 8.71. The highest BCUT2D eigenvalue weighted by Crippen LogP contribution is 2.25. The van der Waals surface area contributed by atoms with Gasteiger partial charge in [-0.2, -0.15) is 9.97 Å². The average molecular weight is 252 g/mol. The Morgan fingerprint density at radius 3 is 2.28 bits per heavy atom. The number of nitrogens with zero attached hydrogens (tertiary/aromatic N) is 3. The summed E-state index contributed by atoms with van der Waals surface area (Å²) in [6.07, 6.45) is 4.86. The van der Waals surface area contributed by atoms with Crippen molar-refractivity contribution in [1.29, 1.82) is 0 Å². The third-order valence-electron chi connectivity index (χ3n) is 3.23. The first kappa shape index (κ1) is 12.9. The number of hydrogen-bond donors (Lipinski definition) is 1. The predicted molar refractivity (Wildman–Crippen MR) is 68.0 cm³/mol. The Morgan fingerprint density at radius 1 is 1.06 bits per heavy atom. The smallest absolute Gasteiger partial charge is 0.324 e. The van der Waals surface area contributed by atoms with Crippen molar-refractivity contribution >= 4 is 5.95 Å². The molecule has 1 aromatic rings. The van der Waals surface area contributed by atoms with Crippen LogP contribution in [0.15, 0.2) is 0 Å². The van der Waals surface area contributed by atoms with Crippen molar-refractivity contribution in [3.8, 4) is 12.0 Å². The maximum absolute atomic E-state index is 5.03. The first-order valence-electron chi connectivity index (χ1n) is 6.32. The topological polar surface area (TPSA) is 69.2 Å². The van der Waals surface area contributed by atoms with E-state index in [4.69, 9.17) is 9.47 Å². The van der Waals surface area contributed by atoms with E-state index >= 15 is 0 Å². The minimum atomic E-state index is 0.271. The lowest BCUT2D eigenvalue weighted by Gasteiger charge is -2.27. The van der Waals surface area contributed by atoms with E-state index in [-0.39, 0.29) is 12.0 Å². The molecule has 1 aliphatic carbocycles. The zero-order chi connectivity index (χ0) is 13.0. The van der Waals surface area contributed by atoms with Gasteiger partial charge in [-0.05, 0) is 18.8 Å². The molecule has 6 heteroatoms. The molecule has 6 nitrogen and oxygen atoms in total. The van der Waals surface area contributed by atoms with E-state index in [1.54, 1.807) is 0 Å². The number of hydrogen-bond acceptors (Lipinski definition) is 6. The van der Waals surface area contributed by atoms with Crippen LogP contribution >= 0.6 is 0 Å². The van der Waals surface area contributed by atoms with Crippen molar-refractivity contribution in [3.63, 3.8) is 0 Å². The summed E-state index contributed by atoms with van der Waals surface area (Å²) in [5, 5.41) is 3.34. The highest BCUT2D eigenvalue weighted by atomic mass is 16.5. The number of ether oxygens (including phenoxy) is 2. The van der Waals surface area contributed by atoms with E-state index in [1.807, 2.05) is 0 Å². The van der Waals surface area contributed by atoms with Gasteiger partial charge in [-0.1, -0.05) is 19.8 Å². The fraction of sp³-hybridized carbons (Fsp3) is 0.750. The van der Waals surface area contributed by atoms with Crippen molar-refractivity contribution in [2.24, 2.45) is 5.92 Å². The molecule has 18 heavy (non-hydrogen) atoms. The lowest BCUT2D eigenvalue weighted by molar-refractivity contribution is 0.337. The summed E-state index contributed by atoms with van der Waals surface area (Å²) in [6.45, 7) is 2.28. The van der Waals surface area contributed by atoms with E-state index < -0.39 is 0 Å². The molecule has 0 aliphatic heterocycles. The molecule has 0 amide bonds. The van der Waals surface area contributed by atoms with E-state index in [9.17, 15) is 0 Å². The Balaban J connectivity index is 2.07. The Kier molecular flexibility index (Phi) is 4.17. The largest absolute Gasteiger partial charge is 0.467 e. The number of aromatic nitrogens is 3. The zero-order valence-corrected chi connectivity index (χ0v) is 11.1. The lowest BCUT2D eigenvalue weighted by atomic mass is 9.87. The molecule has 100 valence electrons. The van der Waals surface area contributed by atoms with Gasteiger partial charge in [0.25, 0.3) is 0 Å². The van der Waals surface area contributed by atoms with Gasteiger partial charge in [0.15, 0.2) is 0 Å². The molecule has 2 unspecified atom stereocenters. The maximum Gasteiger partial charge on any atom is 0.324 e. The highest BCUT2D eigenvalue weighted by Gasteiger charge is 2.20. The van der Waals surface area contributed by atoms with E-state index in [0.717, 1.165) is 18.8 Å². The van der Waals surface area contributed by atoms with Crippen LogP contribution in [-0.2, 0) is 0 Å². The van der Waals surface area contributed by atoms with Gasteiger partial charge in [-0.3, -0.25) is 0 Å². The number of anilines is 1. The Labute approximate surface area is 107 Å². The van der Waals surface area contributed by atoms with Gasteiger partial charge in [0.2, 0.25) is 5.95 Å². The van der Waals surface area contributed by atoms with Crippen molar-refractivity contribution in [3.05, 3.63) is 0 Å². The van der Waals surface area contributed by atoms with Crippen LogP contribution < -0.4 is 14.8 Å². The molecule has 0 radical (unpaired) electrons. The summed E-state index contributed by atoms with van der Waals surface area (Å²) in [4.78, 5) is 12.3. The van der Waals surface area contributed by atoms with Gasteiger partial charge in [0.05, 0.1) is 14.2 Å². The Hall–Kier alpha value is -1.59. The quantitative estimate of drug-likeness (QED) is 0.882. The summed E-state index contributed by atoms with van der Waals surface area (Å²) >= 11 is 0. The normalized spacial score (nSPS) is 23.5. The highest BCUT2D eigenvalue weighted by molar-refractivity contribution is 5.29.